The lowest BCUT2D eigenvalue weighted by Gasteiger charge is -2.16. The number of aromatic hydroxyl groups is 1. The zero-order valence-corrected chi connectivity index (χ0v) is 12.6. The standard InChI is InChI=1S/C18H27NO/c1-15(7-8-17-9-11-18(20)12-10-17)19-14-13-16-5-3-2-4-6-16/h5,9-12,15,19-20H,2-4,6-8,13-14H2,1H3/t15-/m1/s1. The monoisotopic (exact) mass is 273 g/mol. The number of rotatable bonds is 7. The Morgan fingerprint density at radius 1 is 1.15 bits per heavy atom. The average Bonchev–Trinajstić information content (AvgIpc) is 2.48. The van der Waals surface area contributed by atoms with Gasteiger partial charge in [-0.3, -0.25) is 0 Å². The van der Waals surface area contributed by atoms with Crippen molar-refractivity contribution in [2.45, 2.75) is 57.9 Å². The molecule has 0 aromatic heterocycles. The molecule has 2 rings (SSSR count). The lowest BCUT2D eigenvalue weighted by molar-refractivity contribution is 0.474. The molecule has 0 saturated heterocycles. The van der Waals surface area contributed by atoms with Crippen LogP contribution in [-0.2, 0) is 6.42 Å². The van der Waals surface area contributed by atoms with Gasteiger partial charge in [0.05, 0.1) is 0 Å². The van der Waals surface area contributed by atoms with Crippen LogP contribution in [0.4, 0.5) is 0 Å². The Morgan fingerprint density at radius 3 is 2.65 bits per heavy atom. The van der Waals surface area contributed by atoms with Crippen LogP contribution < -0.4 is 5.32 Å². The molecule has 0 bridgehead atoms. The van der Waals surface area contributed by atoms with Crippen molar-refractivity contribution in [3.8, 4) is 5.75 Å². The van der Waals surface area contributed by atoms with E-state index in [4.69, 9.17) is 0 Å². The summed E-state index contributed by atoms with van der Waals surface area (Å²) in [5, 5.41) is 12.9. The molecule has 1 aromatic carbocycles. The van der Waals surface area contributed by atoms with E-state index in [0.717, 1.165) is 19.4 Å². The number of allylic oxidation sites excluding steroid dienone is 1. The number of hydrogen-bond acceptors (Lipinski definition) is 2. The Bertz CT molecular complexity index is 422. The molecule has 0 fully saturated rings. The van der Waals surface area contributed by atoms with Crippen LogP contribution >= 0.6 is 0 Å². The molecule has 2 nitrogen and oxygen atoms in total. The second-order valence-electron chi connectivity index (χ2n) is 5.92. The maximum absolute atomic E-state index is 9.26. The van der Waals surface area contributed by atoms with Gasteiger partial charge in [-0.25, -0.2) is 0 Å². The minimum atomic E-state index is 0.348. The molecule has 110 valence electrons. The van der Waals surface area contributed by atoms with Crippen molar-refractivity contribution < 1.29 is 5.11 Å². The second-order valence-corrected chi connectivity index (χ2v) is 5.92. The first kappa shape index (κ1) is 15.1. The third kappa shape index (κ3) is 5.38. The summed E-state index contributed by atoms with van der Waals surface area (Å²) in [4.78, 5) is 0. The van der Waals surface area contributed by atoms with Crippen molar-refractivity contribution in [1.82, 2.24) is 5.32 Å². The first-order chi connectivity index (χ1) is 9.74. The minimum absolute atomic E-state index is 0.348. The zero-order chi connectivity index (χ0) is 14.2. The summed E-state index contributed by atoms with van der Waals surface area (Å²) in [5.41, 5.74) is 2.95. The van der Waals surface area contributed by atoms with Gasteiger partial charge in [-0.2, -0.15) is 0 Å². The van der Waals surface area contributed by atoms with Gasteiger partial charge in [0.25, 0.3) is 0 Å². The van der Waals surface area contributed by atoms with Gasteiger partial charge in [0, 0.05) is 6.04 Å². The molecule has 20 heavy (non-hydrogen) atoms. The maximum atomic E-state index is 9.26. The molecule has 0 saturated carbocycles. The van der Waals surface area contributed by atoms with Crippen LogP contribution in [-0.4, -0.2) is 17.7 Å². The van der Waals surface area contributed by atoms with Gasteiger partial charge in [-0.15, -0.1) is 0 Å². The summed E-state index contributed by atoms with van der Waals surface area (Å²) in [6, 6.07) is 8.10. The summed E-state index contributed by atoms with van der Waals surface area (Å²) in [5.74, 6) is 0.348. The predicted molar refractivity (Wildman–Crippen MR) is 85.1 cm³/mol. The fourth-order valence-corrected chi connectivity index (χ4v) is 2.76. The number of phenolic OH excluding ortho intramolecular Hbond substituents is 1. The van der Waals surface area contributed by atoms with Crippen molar-refractivity contribution in [3.05, 3.63) is 41.5 Å². The van der Waals surface area contributed by atoms with Crippen LogP contribution in [0.15, 0.2) is 35.9 Å². The van der Waals surface area contributed by atoms with Crippen molar-refractivity contribution in [2.24, 2.45) is 0 Å². The summed E-state index contributed by atoms with van der Waals surface area (Å²) < 4.78 is 0. The highest BCUT2D eigenvalue weighted by molar-refractivity contribution is 5.25. The van der Waals surface area contributed by atoms with E-state index in [1.165, 1.54) is 37.7 Å². The van der Waals surface area contributed by atoms with Crippen LogP contribution in [0.3, 0.4) is 0 Å². The van der Waals surface area contributed by atoms with E-state index in [0.29, 0.717) is 11.8 Å². The lowest BCUT2D eigenvalue weighted by Crippen LogP contribution is -2.27. The number of hydrogen-bond donors (Lipinski definition) is 2. The normalized spacial score (nSPS) is 16.8. The Balaban J connectivity index is 1.61. The maximum Gasteiger partial charge on any atom is 0.115 e. The van der Waals surface area contributed by atoms with E-state index < -0.39 is 0 Å². The average molecular weight is 273 g/mol. The van der Waals surface area contributed by atoms with E-state index in [2.05, 4.69) is 18.3 Å². The Morgan fingerprint density at radius 2 is 1.95 bits per heavy atom. The highest BCUT2D eigenvalue weighted by Gasteiger charge is 2.05. The predicted octanol–water partition coefficient (Wildman–Crippen LogP) is 4.19. The summed E-state index contributed by atoms with van der Waals surface area (Å²) >= 11 is 0. The smallest absolute Gasteiger partial charge is 0.115 e. The molecule has 0 radical (unpaired) electrons. The van der Waals surface area contributed by atoms with Crippen molar-refractivity contribution in [1.29, 1.82) is 0 Å². The van der Waals surface area contributed by atoms with E-state index in [9.17, 15) is 5.11 Å². The van der Waals surface area contributed by atoms with E-state index in [1.54, 1.807) is 17.7 Å². The molecule has 1 aliphatic rings. The second kappa shape index (κ2) is 8.11. The molecular weight excluding hydrogens is 246 g/mol. The largest absolute Gasteiger partial charge is 0.508 e. The van der Waals surface area contributed by atoms with Gasteiger partial charge in [-0.1, -0.05) is 23.8 Å². The van der Waals surface area contributed by atoms with Crippen molar-refractivity contribution in [3.63, 3.8) is 0 Å². The van der Waals surface area contributed by atoms with Gasteiger partial charge in [0.15, 0.2) is 0 Å². The lowest BCUT2D eigenvalue weighted by atomic mass is 9.97. The molecule has 1 aliphatic carbocycles. The number of phenols is 1. The highest BCUT2D eigenvalue weighted by Crippen LogP contribution is 2.19. The molecule has 0 amide bonds. The number of nitrogens with one attached hydrogen (secondary N) is 1. The summed E-state index contributed by atoms with van der Waals surface area (Å²) in [7, 11) is 0. The SMILES string of the molecule is C[C@H](CCc1ccc(O)cc1)NCCC1=CCCCC1. The minimum Gasteiger partial charge on any atom is -0.508 e. The first-order valence-corrected chi connectivity index (χ1v) is 7.93. The third-order valence-corrected chi connectivity index (χ3v) is 4.13. The van der Waals surface area contributed by atoms with Gasteiger partial charge in [0.1, 0.15) is 5.75 Å². The number of benzene rings is 1. The van der Waals surface area contributed by atoms with Crippen LogP contribution in [0.2, 0.25) is 0 Å². The van der Waals surface area contributed by atoms with Crippen LogP contribution in [0, 0.1) is 0 Å². The molecule has 2 N–H and O–H groups in total. The third-order valence-electron chi connectivity index (χ3n) is 4.13. The molecule has 0 heterocycles. The van der Waals surface area contributed by atoms with Gasteiger partial charge >= 0.3 is 0 Å². The van der Waals surface area contributed by atoms with E-state index >= 15 is 0 Å². The van der Waals surface area contributed by atoms with Crippen LogP contribution in [0.5, 0.6) is 5.75 Å². The molecule has 0 aliphatic heterocycles. The fourth-order valence-electron chi connectivity index (χ4n) is 2.76. The molecule has 1 atom stereocenters. The van der Waals surface area contributed by atoms with Gasteiger partial charge < -0.3 is 10.4 Å². The molecular formula is C18H27NO. The van der Waals surface area contributed by atoms with Crippen LogP contribution in [0.1, 0.15) is 51.0 Å². The molecule has 2 heteroatoms. The molecule has 0 unspecified atom stereocenters. The number of aryl methyl sites for hydroxylation is 1. The molecule has 0 spiro atoms. The summed E-state index contributed by atoms with van der Waals surface area (Å²) in [6.45, 7) is 3.36. The Hall–Kier alpha value is -1.28. The Labute approximate surface area is 122 Å². The molecule has 1 aromatic rings. The first-order valence-electron chi connectivity index (χ1n) is 7.93. The van der Waals surface area contributed by atoms with E-state index in [-0.39, 0.29) is 0 Å². The fraction of sp³-hybridized carbons (Fsp3) is 0.556. The van der Waals surface area contributed by atoms with Gasteiger partial charge in [0.2, 0.25) is 0 Å². The topological polar surface area (TPSA) is 32.3 Å². The van der Waals surface area contributed by atoms with Crippen molar-refractivity contribution >= 4 is 0 Å². The highest BCUT2D eigenvalue weighted by atomic mass is 16.3. The van der Waals surface area contributed by atoms with Crippen LogP contribution in [0.25, 0.3) is 0 Å². The van der Waals surface area contributed by atoms with Crippen molar-refractivity contribution in [2.75, 3.05) is 6.54 Å². The zero-order valence-electron chi connectivity index (χ0n) is 12.6. The van der Waals surface area contributed by atoms with E-state index in [1.807, 2.05) is 12.1 Å². The Kier molecular flexibility index (Phi) is 6.13. The quantitative estimate of drug-likeness (QED) is 0.730. The summed E-state index contributed by atoms with van der Waals surface area (Å²) in [6.07, 6.45) is 11.2. The van der Waals surface area contributed by atoms with Gasteiger partial charge in [-0.05, 0) is 76.1 Å².